The van der Waals surface area contributed by atoms with Crippen LogP contribution in [0.3, 0.4) is 0 Å². The second kappa shape index (κ2) is 12.0. The minimum absolute atomic E-state index is 0.0139. The number of carbonyl (C=O) groups excluding carboxylic acids is 1. The zero-order valence-electron chi connectivity index (χ0n) is 24.5. The summed E-state index contributed by atoms with van der Waals surface area (Å²) >= 11 is 6.28. The highest BCUT2D eigenvalue weighted by atomic mass is 35.5. The fourth-order valence-electron chi connectivity index (χ4n) is 5.14. The van der Waals surface area contributed by atoms with Gasteiger partial charge in [-0.3, -0.25) is 0 Å². The molecule has 226 valence electrons. The lowest BCUT2D eigenvalue weighted by Crippen LogP contribution is -2.42. The molecule has 1 aliphatic carbocycles. The molecule has 0 saturated heterocycles. The molecule has 3 heterocycles. The number of ether oxygens (including phenoxy) is 1. The van der Waals surface area contributed by atoms with Gasteiger partial charge in [-0.1, -0.05) is 11.6 Å². The standard InChI is InChI=1S/C30H35ClFN9O2/c1-16-21(13-35-28(34)37-16)17-11-25-26(38-19-6-8-20(9-7-19)39-29(42)43-30(2,3)4)22(14-36-41(25)15-17)27(33)40-24-12-18(32)5-10-23(24)31/h5,10-15,19-20,38H,6-9H2,1-4H3,(H2,33,40)(H,39,42)(H2,34,35,37). The molecule has 1 fully saturated rings. The first-order valence-electron chi connectivity index (χ1n) is 14.0. The molecule has 11 nitrogen and oxygen atoms in total. The molecule has 4 aromatic rings. The molecule has 0 unspecified atom stereocenters. The highest BCUT2D eigenvalue weighted by Gasteiger charge is 2.26. The van der Waals surface area contributed by atoms with Crippen LogP contribution in [0.4, 0.5) is 26.5 Å². The van der Waals surface area contributed by atoms with Crippen molar-refractivity contribution in [1.29, 1.82) is 0 Å². The summed E-state index contributed by atoms with van der Waals surface area (Å²) in [5.74, 6) is -0.151. The Morgan fingerprint density at radius 2 is 1.88 bits per heavy atom. The lowest BCUT2D eigenvalue weighted by atomic mass is 9.91. The third-order valence-corrected chi connectivity index (χ3v) is 7.49. The lowest BCUT2D eigenvalue weighted by molar-refractivity contribution is 0.0492. The van der Waals surface area contributed by atoms with Crippen molar-refractivity contribution in [3.05, 3.63) is 65.0 Å². The van der Waals surface area contributed by atoms with Gasteiger partial charge < -0.3 is 26.8 Å². The SMILES string of the molecule is Cc1nc(N)ncc1-c1cc2c(NC3CCC(NC(=O)OC(C)(C)C)CC3)c(C(N)=Nc3cc(F)ccc3Cl)cnn2c1. The van der Waals surface area contributed by atoms with Crippen LogP contribution < -0.4 is 22.1 Å². The number of anilines is 2. The van der Waals surface area contributed by atoms with Gasteiger partial charge in [-0.05, 0) is 71.6 Å². The number of aryl methyl sites for hydroxylation is 1. The molecule has 1 amide bonds. The van der Waals surface area contributed by atoms with Gasteiger partial charge in [0.05, 0.1) is 39.4 Å². The third-order valence-electron chi connectivity index (χ3n) is 7.17. The molecular formula is C30H35ClFN9O2. The molecular weight excluding hydrogens is 573 g/mol. The van der Waals surface area contributed by atoms with Gasteiger partial charge in [0.25, 0.3) is 0 Å². The van der Waals surface area contributed by atoms with Crippen LogP contribution in [0.15, 0.2) is 47.8 Å². The average Bonchev–Trinajstić information content (AvgIpc) is 3.35. The summed E-state index contributed by atoms with van der Waals surface area (Å²) in [6.07, 6.45) is 7.89. The normalized spacial score (nSPS) is 17.6. The first-order valence-corrected chi connectivity index (χ1v) is 14.4. The van der Waals surface area contributed by atoms with Gasteiger partial charge in [0.1, 0.15) is 17.3 Å². The summed E-state index contributed by atoms with van der Waals surface area (Å²) in [5, 5.41) is 11.5. The van der Waals surface area contributed by atoms with Crippen molar-refractivity contribution in [3.8, 4) is 11.1 Å². The summed E-state index contributed by atoms with van der Waals surface area (Å²) in [4.78, 5) is 25.2. The van der Waals surface area contributed by atoms with Crippen molar-refractivity contribution in [1.82, 2.24) is 24.9 Å². The summed E-state index contributed by atoms with van der Waals surface area (Å²) < 4.78 is 21.1. The number of nitrogens with zero attached hydrogens (tertiary/aromatic N) is 5. The fourth-order valence-corrected chi connectivity index (χ4v) is 5.30. The minimum atomic E-state index is -0.559. The minimum Gasteiger partial charge on any atom is -0.444 e. The number of halogens is 2. The number of nitrogen functional groups attached to an aromatic ring is 1. The van der Waals surface area contributed by atoms with Gasteiger partial charge in [0.15, 0.2) is 0 Å². The number of carbonyl (C=O) groups is 1. The van der Waals surface area contributed by atoms with Crippen LogP contribution in [0.1, 0.15) is 57.7 Å². The Labute approximate surface area is 253 Å². The predicted octanol–water partition coefficient (Wildman–Crippen LogP) is 5.76. The summed E-state index contributed by atoms with van der Waals surface area (Å²) in [6, 6.07) is 5.98. The summed E-state index contributed by atoms with van der Waals surface area (Å²) in [6.45, 7) is 7.38. The molecule has 0 bridgehead atoms. The van der Waals surface area contributed by atoms with Crippen molar-refractivity contribution in [2.45, 2.75) is 71.1 Å². The number of aromatic nitrogens is 4. The Morgan fingerprint density at radius 1 is 1.16 bits per heavy atom. The molecule has 0 radical (unpaired) electrons. The third kappa shape index (κ3) is 7.14. The van der Waals surface area contributed by atoms with E-state index < -0.39 is 17.5 Å². The van der Waals surface area contributed by atoms with Crippen molar-refractivity contribution in [2.24, 2.45) is 10.7 Å². The number of nitrogens with one attached hydrogen (secondary N) is 2. The van der Waals surface area contributed by atoms with Gasteiger partial charge in [0.2, 0.25) is 5.95 Å². The molecule has 3 aromatic heterocycles. The van der Waals surface area contributed by atoms with E-state index in [9.17, 15) is 9.18 Å². The van der Waals surface area contributed by atoms with Crippen molar-refractivity contribution < 1.29 is 13.9 Å². The topological polar surface area (TPSA) is 158 Å². The molecule has 43 heavy (non-hydrogen) atoms. The van der Waals surface area contributed by atoms with Crippen molar-refractivity contribution in [2.75, 3.05) is 11.1 Å². The Bertz CT molecular complexity index is 1690. The maximum absolute atomic E-state index is 14.0. The van der Waals surface area contributed by atoms with Crippen LogP contribution in [-0.4, -0.2) is 49.2 Å². The molecule has 0 atom stereocenters. The second-order valence-corrected chi connectivity index (χ2v) is 12.1. The van der Waals surface area contributed by atoms with Crippen LogP contribution in [0, 0.1) is 12.7 Å². The van der Waals surface area contributed by atoms with Crippen LogP contribution in [0.2, 0.25) is 5.02 Å². The number of benzene rings is 1. The Kier molecular flexibility index (Phi) is 8.41. The molecule has 6 N–H and O–H groups in total. The summed E-state index contributed by atoms with van der Waals surface area (Å²) in [7, 11) is 0. The van der Waals surface area contributed by atoms with Gasteiger partial charge in [0, 0.05) is 41.7 Å². The van der Waals surface area contributed by atoms with E-state index in [1.807, 2.05) is 40.0 Å². The van der Waals surface area contributed by atoms with Crippen LogP contribution in [0.25, 0.3) is 16.6 Å². The Hall–Kier alpha value is -4.45. The van der Waals surface area contributed by atoms with E-state index in [4.69, 9.17) is 27.8 Å². The number of fused-ring (bicyclic) bond motifs is 1. The van der Waals surface area contributed by atoms with Gasteiger partial charge in [-0.2, -0.15) is 5.10 Å². The van der Waals surface area contributed by atoms with Gasteiger partial charge >= 0.3 is 6.09 Å². The number of aliphatic imine (C=N–C) groups is 1. The number of amides is 1. The number of rotatable bonds is 6. The highest BCUT2D eigenvalue weighted by molar-refractivity contribution is 6.33. The van der Waals surface area contributed by atoms with E-state index in [1.165, 1.54) is 18.2 Å². The van der Waals surface area contributed by atoms with E-state index in [0.29, 0.717) is 11.3 Å². The van der Waals surface area contributed by atoms with E-state index in [2.05, 4.69) is 30.7 Å². The van der Waals surface area contributed by atoms with Gasteiger partial charge in [-0.15, -0.1) is 0 Å². The molecule has 1 aromatic carbocycles. The van der Waals surface area contributed by atoms with Crippen LogP contribution in [0.5, 0.6) is 0 Å². The molecule has 13 heteroatoms. The van der Waals surface area contributed by atoms with Crippen molar-refractivity contribution in [3.63, 3.8) is 0 Å². The molecule has 1 saturated carbocycles. The summed E-state index contributed by atoms with van der Waals surface area (Å²) in [5.41, 5.74) is 16.3. The fraction of sp³-hybridized carbons (Fsp3) is 0.367. The second-order valence-electron chi connectivity index (χ2n) is 11.7. The number of hydrogen-bond donors (Lipinski definition) is 4. The van der Waals surface area contributed by atoms with Crippen molar-refractivity contribution >= 4 is 46.4 Å². The molecule has 0 aliphatic heterocycles. The Morgan fingerprint density at radius 3 is 2.58 bits per heavy atom. The first-order chi connectivity index (χ1) is 20.4. The van der Waals surface area contributed by atoms with E-state index in [1.54, 1.807) is 16.9 Å². The van der Waals surface area contributed by atoms with E-state index in [-0.39, 0.29) is 34.6 Å². The number of amidine groups is 1. The quantitative estimate of drug-likeness (QED) is 0.159. The van der Waals surface area contributed by atoms with E-state index >= 15 is 0 Å². The Balaban J connectivity index is 1.47. The molecule has 0 spiro atoms. The molecule has 1 aliphatic rings. The monoisotopic (exact) mass is 607 g/mol. The number of hydrogen-bond acceptors (Lipinski definition) is 8. The maximum atomic E-state index is 14.0. The first kappa shape index (κ1) is 30.0. The zero-order valence-corrected chi connectivity index (χ0v) is 25.2. The number of nitrogens with two attached hydrogens (primary N) is 2. The smallest absolute Gasteiger partial charge is 0.407 e. The zero-order chi connectivity index (χ0) is 30.9. The number of alkyl carbamates (subject to hydrolysis) is 1. The van der Waals surface area contributed by atoms with Crippen LogP contribution in [-0.2, 0) is 4.74 Å². The average molecular weight is 608 g/mol. The largest absolute Gasteiger partial charge is 0.444 e. The lowest BCUT2D eigenvalue weighted by Gasteiger charge is -2.31. The maximum Gasteiger partial charge on any atom is 0.407 e. The predicted molar refractivity (Wildman–Crippen MR) is 166 cm³/mol. The molecule has 5 rings (SSSR count). The van der Waals surface area contributed by atoms with E-state index in [0.717, 1.165) is 48.0 Å². The van der Waals surface area contributed by atoms with Gasteiger partial charge in [-0.25, -0.2) is 28.7 Å². The highest BCUT2D eigenvalue weighted by Crippen LogP contribution is 2.33. The van der Waals surface area contributed by atoms with Crippen LogP contribution >= 0.6 is 11.6 Å².